The average Bonchev–Trinajstić information content (AvgIpc) is 3.98. The molecule has 13 rings (SSSR count). The van der Waals surface area contributed by atoms with Gasteiger partial charge in [-0.25, -0.2) is 0 Å². The Kier molecular flexibility index (Phi) is 8.20. The first kappa shape index (κ1) is 39.4. The Morgan fingerprint density at radius 3 is 1.88 bits per heavy atom. The molecule has 0 saturated heterocycles. The van der Waals surface area contributed by atoms with Gasteiger partial charge in [0.25, 0.3) is 6.71 Å². The van der Waals surface area contributed by atoms with E-state index in [-0.39, 0.29) is 17.5 Å². The maximum Gasteiger partial charge on any atom is 0.252 e. The lowest BCUT2D eigenvalue weighted by Crippen LogP contribution is -2.60. The number of hydrogen-bond donors (Lipinski definition) is 0. The number of rotatable bonds is 4. The van der Waals surface area contributed by atoms with Crippen LogP contribution in [0.2, 0.25) is 0 Å². The first-order chi connectivity index (χ1) is 31.8. The number of aromatic nitrogens is 1. The van der Waals surface area contributed by atoms with Gasteiger partial charge in [0, 0.05) is 60.4 Å². The zero-order valence-corrected chi connectivity index (χ0v) is 39.6. The number of hydrogen-bond acceptors (Lipinski definition) is 4. The summed E-state index contributed by atoms with van der Waals surface area (Å²) >= 11 is 1.93. The third-order valence-corrected chi connectivity index (χ3v) is 15.7. The predicted octanol–water partition coefficient (Wildman–Crippen LogP) is 15.2. The Hall–Kier alpha value is -7.02. The highest BCUT2D eigenvalue weighted by Gasteiger charge is 2.44. The second-order valence-electron chi connectivity index (χ2n) is 20.7. The van der Waals surface area contributed by atoms with Crippen LogP contribution in [0.4, 0.5) is 34.1 Å². The van der Waals surface area contributed by atoms with Gasteiger partial charge in [0.1, 0.15) is 16.0 Å². The fraction of sp³-hybridized carbons (Fsp3) is 0.167. The molecule has 6 heteroatoms. The van der Waals surface area contributed by atoms with Gasteiger partial charge in [-0.1, -0.05) is 133 Å². The van der Waals surface area contributed by atoms with Crippen molar-refractivity contribution in [3.8, 4) is 5.69 Å². The van der Waals surface area contributed by atoms with Crippen LogP contribution < -0.4 is 26.2 Å². The van der Waals surface area contributed by atoms with Crippen molar-refractivity contribution in [3.63, 3.8) is 0 Å². The van der Waals surface area contributed by atoms with Crippen LogP contribution in [0, 0.1) is 13.8 Å². The molecule has 0 fully saturated rings. The van der Waals surface area contributed by atoms with Gasteiger partial charge in [-0.15, -0.1) is 11.3 Å². The third-order valence-electron chi connectivity index (χ3n) is 14.5. The normalized spacial score (nSPS) is 13.4. The molecular weight excluding hydrogens is 822 g/mol. The molecule has 0 saturated carbocycles. The Bertz CT molecular complexity index is 3810. The van der Waals surface area contributed by atoms with E-state index in [9.17, 15) is 0 Å². The fourth-order valence-corrected chi connectivity index (χ4v) is 12.4. The number of anilines is 6. The monoisotopic (exact) mass is 871 g/mol. The van der Waals surface area contributed by atoms with E-state index in [0.29, 0.717) is 0 Å². The van der Waals surface area contributed by atoms with E-state index in [1.54, 1.807) is 0 Å². The summed E-state index contributed by atoms with van der Waals surface area (Å²) in [5, 5.41) is 6.27. The second kappa shape index (κ2) is 13.8. The summed E-state index contributed by atoms with van der Waals surface area (Å²) in [4.78, 5) is 6.38. The van der Waals surface area contributed by atoms with E-state index in [1.165, 1.54) is 86.9 Å². The maximum absolute atomic E-state index is 6.68. The molecule has 0 spiro atoms. The van der Waals surface area contributed by atoms with Gasteiger partial charge in [0.05, 0.1) is 16.6 Å². The minimum absolute atomic E-state index is 0.0254. The number of benzene rings is 8. The summed E-state index contributed by atoms with van der Waals surface area (Å²) in [6, 6.07) is 59.1. The highest BCUT2D eigenvalue weighted by molar-refractivity contribution is 7.26. The molecule has 0 amide bonds. The maximum atomic E-state index is 6.68. The number of para-hydroxylation sites is 3. The molecule has 0 atom stereocenters. The van der Waals surface area contributed by atoms with Crippen molar-refractivity contribution < 1.29 is 4.42 Å². The lowest BCUT2D eigenvalue weighted by molar-refractivity contribution is 0.590. The van der Waals surface area contributed by atoms with Gasteiger partial charge in [-0.2, -0.15) is 0 Å². The molecule has 3 aromatic heterocycles. The van der Waals surface area contributed by atoms with E-state index in [1.807, 2.05) is 11.3 Å². The summed E-state index contributed by atoms with van der Waals surface area (Å²) in [6.07, 6.45) is 0. The van der Waals surface area contributed by atoms with Gasteiger partial charge >= 0.3 is 0 Å². The Labute approximate surface area is 390 Å². The average molecular weight is 872 g/mol. The van der Waals surface area contributed by atoms with Gasteiger partial charge in [0.15, 0.2) is 0 Å². The van der Waals surface area contributed by atoms with Gasteiger partial charge < -0.3 is 18.8 Å². The fourth-order valence-electron chi connectivity index (χ4n) is 11.2. The van der Waals surface area contributed by atoms with Crippen LogP contribution in [0.1, 0.15) is 63.8 Å². The second-order valence-corrected chi connectivity index (χ2v) is 21.7. The number of fused-ring (bicyclic) bond motifs is 12. The smallest absolute Gasteiger partial charge is 0.252 e. The van der Waals surface area contributed by atoms with Crippen LogP contribution in [-0.2, 0) is 10.8 Å². The van der Waals surface area contributed by atoms with Crippen molar-refractivity contribution in [3.05, 3.63) is 180 Å². The lowest BCUT2D eigenvalue weighted by atomic mass is 9.33. The predicted molar refractivity (Wildman–Crippen MR) is 284 cm³/mol. The molecule has 5 heterocycles. The summed E-state index contributed by atoms with van der Waals surface area (Å²) < 4.78 is 10.7. The third kappa shape index (κ3) is 5.51. The van der Waals surface area contributed by atoms with Gasteiger partial charge in [-0.3, -0.25) is 0 Å². The summed E-state index contributed by atoms with van der Waals surface area (Å²) in [6.45, 7) is 18.6. The van der Waals surface area contributed by atoms with E-state index in [4.69, 9.17) is 4.42 Å². The van der Waals surface area contributed by atoms with Crippen LogP contribution >= 0.6 is 11.3 Å². The van der Waals surface area contributed by atoms with Crippen molar-refractivity contribution in [2.75, 3.05) is 9.80 Å². The van der Waals surface area contributed by atoms with Crippen molar-refractivity contribution in [1.29, 1.82) is 0 Å². The SMILES string of the molecule is Cc1ccccc1N(c1ccc2c(c1)N(c1cccc3oc4ccccc4c13)c1cc(C(C)(C)C)cc3c1B2c1cc(C(C)(C)C)cc2c4c5ccccc5sc4n-3c12)c1ccccc1C. The molecule has 0 bridgehead atoms. The van der Waals surface area contributed by atoms with E-state index < -0.39 is 0 Å². The van der Waals surface area contributed by atoms with Crippen LogP contribution in [-0.4, -0.2) is 11.3 Å². The summed E-state index contributed by atoms with van der Waals surface area (Å²) in [5.41, 5.74) is 20.2. The summed E-state index contributed by atoms with van der Waals surface area (Å²) in [7, 11) is 0. The lowest BCUT2D eigenvalue weighted by Gasteiger charge is -2.42. The topological polar surface area (TPSA) is 24.6 Å². The number of aryl methyl sites for hydroxylation is 2. The molecule has 320 valence electrons. The molecule has 0 radical (unpaired) electrons. The Morgan fingerprint density at radius 2 is 1.15 bits per heavy atom. The first-order valence-corrected chi connectivity index (χ1v) is 24.1. The molecule has 0 aliphatic carbocycles. The number of nitrogens with zero attached hydrogens (tertiary/aromatic N) is 3. The van der Waals surface area contributed by atoms with Crippen LogP contribution in [0.25, 0.3) is 58.8 Å². The molecule has 4 nitrogen and oxygen atoms in total. The van der Waals surface area contributed by atoms with E-state index in [0.717, 1.165) is 44.7 Å². The standard InChI is InChI=1S/C60H50BN3OS/c1-35-18-9-13-22-45(35)62(46-23-14-10-19-36(46)2)39-28-29-43-48(34-39)63(47-24-17-26-52-55(47)40-20-11-15-25-51(40)65-52)49-32-38(60(6,7)8)33-50-56(49)61(43)44-31-37(59(3,4)5)30-42-54-41-21-12-16-27-53(41)66-58(54)64(50)57(42)44/h9-34H,1-8H3. The van der Waals surface area contributed by atoms with Crippen LogP contribution in [0.5, 0.6) is 0 Å². The van der Waals surface area contributed by atoms with Gasteiger partial charge in [-0.05, 0) is 130 Å². The molecule has 2 aliphatic rings. The molecule has 66 heavy (non-hydrogen) atoms. The molecule has 0 N–H and O–H groups in total. The Morgan fingerprint density at radius 1 is 0.515 bits per heavy atom. The van der Waals surface area contributed by atoms with Crippen molar-refractivity contribution in [2.24, 2.45) is 0 Å². The van der Waals surface area contributed by atoms with Crippen molar-refractivity contribution >= 4 is 122 Å². The molecule has 11 aromatic rings. The van der Waals surface area contributed by atoms with Crippen molar-refractivity contribution in [1.82, 2.24) is 4.57 Å². The largest absolute Gasteiger partial charge is 0.456 e. The molecule has 0 unspecified atom stereocenters. The van der Waals surface area contributed by atoms with Crippen LogP contribution in [0.15, 0.2) is 162 Å². The first-order valence-electron chi connectivity index (χ1n) is 23.3. The zero-order chi connectivity index (χ0) is 45.0. The quantitative estimate of drug-likeness (QED) is 0.165. The molecule has 2 aliphatic heterocycles. The van der Waals surface area contributed by atoms with Gasteiger partial charge in [0.2, 0.25) is 0 Å². The Balaban J connectivity index is 1.21. The molecule has 8 aromatic carbocycles. The van der Waals surface area contributed by atoms with Crippen LogP contribution in [0.3, 0.4) is 0 Å². The molecular formula is C60H50BN3OS. The highest BCUT2D eigenvalue weighted by atomic mass is 32.1. The minimum Gasteiger partial charge on any atom is -0.456 e. The van der Waals surface area contributed by atoms with Crippen molar-refractivity contribution in [2.45, 2.75) is 66.2 Å². The van der Waals surface area contributed by atoms with E-state index >= 15 is 0 Å². The summed E-state index contributed by atoms with van der Waals surface area (Å²) in [5.74, 6) is 0. The minimum atomic E-state index is -0.141. The number of thiophene rings is 1. The highest BCUT2D eigenvalue weighted by Crippen LogP contribution is 2.50. The number of furan rings is 1. The zero-order valence-electron chi connectivity index (χ0n) is 38.7. The van der Waals surface area contributed by atoms with E-state index in [2.05, 4.69) is 227 Å².